The lowest BCUT2D eigenvalue weighted by molar-refractivity contribution is 0.255. The first kappa shape index (κ1) is 23.0. The van der Waals surface area contributed by atoms with E-state index < -0.39 is 0 Å². The van der Waals surface area contributed by atoms with E-state index in [0.29, 0.717) is 6.04 Å². The van der Waals surface area contributed by atoms with Gasteiger partial charge in [0.1, 0.15) is 5.75 Å². The molecule has 138 valence electrons. The summed E-state index contributed by atoms with van der Waals surface area (Å²) in [6, 6.07) is 8.75. The first-order valence-electron chi connectivity index (χ1n) is 8.26. The van der Waals surface area contributed by atoms with E-state index in [1.807, 2.05) is 19.2 Å². The molecule has 1 aromatic rings. The fraction of sp³-hybridized carbons (Fsp3) is 0.611. The average molecular weight is 448 g/mol. The molecule has 0 fully saturated rings. The Morgan fingerprint density at radius 2 is 1.88 bits per heavy atom. The highest BCUT2D eigenvalue weighted by molar-refractivity contribution is 14.0. The fourth-order valence-corrected chi connectivity index (χ4v) is 2.34. The topological polar surface area (TPSA) is 40.1 Å². The molecule has 0 saturated heterocycles. The van der Waals surface area contributed by atoms with Crippen molar-refractivity contribution in [1.29, 1.82) is 0 Å². The predicted octanol–water partition coefficient (Wildman–Crippen LogP) is 3.05. The van der Waals surface area contributed by atoms with E-state index in [0.717, 1.165) is 31.3 Å². The van der Waals surface area contributed by atoms with Gasteiger partial charge in [-0.05, 0) is 38.1 Å². The third kappa shape index (κ3) is 7.70. The van der Waals surface area contributed by atoms with Crippen LogP contribution in [0.1, 0.15) is 25.8 Å². The fourth-order valence-electron chi connectivity index (χ4n) is 2.34. The monoisotopic (exact) mass is 448 g/mol. The molecule has 1 unspecified atom stereocenters. The summed E-state index contributed by atoms with van der Waals surface area (Å²) in [6.07, 6.45) is 1.17. The van der Waals surface area contributed by atoms with Crippen LogP contribution < -0.4 is 10.1 Å². The highest BCUT2D eigenvalue weighted by atomic mass is 127. The number of hydrogen-bond acceptors (Lipinski definition) is 3. The van der Waals surface area contributed by atoms with Crippen molar-refractivity contribution in [2.45, 2.75) is 32.9 Å². The average Bonchev–Trinajstić information content (AvgIpc) is 2.58. The van der Waals surface area contributed by atoms with Crippen LogP contribution in [-0.2, 0) is 6.54 Å². The van der Waals surface area contributed by atoms with E-state index in [-0.39, 0.29) is 24.0 Å². The van der Waals surface area contributed by atoms with Crippen LogP contribution in [0.5, 0.6) is 5.75 Å². The minimum atomic E-state index is 0. The molecule has 0 aliphatic rings. The Labute approximate surface area is 164 Å². The van der Waals surface area contributed by atoms with E-state index in [9.17, 15) is 0 Å². The third-order valence-corrected chi connectivity index (χ3v) is 4.24. The molecule has 0 saturated carbocycles. The van der Waals surface area contributed by atoms with E-state index >= 15 is 0 Å². The van der Waals surface area contributed by atoms with Gasteiger partial charge in [0.15, 0.2) is 5.96 Å². The minimum absolute atomic E-state index is 0. The van der Waals surface area contributed by atoms with Crippen molar-refractivity contribution in [2.24, 2.45) is 4.99 Å². The second-order valence-corrected chi connectivity index (χ2v) is 5.92. The van der Waals surface area contributed by atoms with E-state index in [1.54, 1.807) is 7.11 Å². The van der Waals surface area contributed by atoms with Crippen molar-refractivity contribution in [1.82, 2.24) is 15.1 Å². The van der Waals surface area contributed by atoms with Crippen molar-refractivity contribution < 1.29 is 4.74 Å². The van der Waals surface area contributed by atoms with Crippen LogP contribution in [0.4, 0.5) is 0 Å². The molecule has 0 aromatic heterocycles. The van der Waals surface area contributed by atoms with Gasteiger partial charge in [0, 0.05) is 39.8 Å². The zero-order valence-electron chi connectivity index (χ0n) is 15.9. The largest absolute Gasteiger partial charge is 0.497 e. The smallest absolute Gasteiger partial charge is 0.193 e. The first-order chi connectivity index (χ1) is 11.0. The SMILES string of the molecule is CCC(C)N(C)CCNC(=NC)N(C)Cc1ccc(OC)cc1.I. The maximum absolute atomic E-state index is 5.19. The number of methoxy groups -OCH3 is 1. The number of ether oxygens (including phenoxy) is 1. The zero-order valence-corrected chi connectivity index (χ0v) is 18.2. The normalized spacial score (nSPS) is 12.5. The molecule has 0 spiro atoms. The van der Waals surface area contributed by atoms with Crippen LogP contribution in [0.15, 0.2) is 29.3 Å². The number of benzene rings is 1. The summed E-state index contributed by atoms with van der Waals surface area (Å²) >= 11 is 0. The summed E-state index contributed by atoms with van der Waals surface area (Å²) in [5.41, 5.74) is 1.23. The second kappa shape index (κ2) is 12.4. The summed E-state index contributed by atoms with van der Waals surface area (Å²) < 4.78 is 5.19. The number of rotatable bonds is 8. The molecule has 1 atom stereocenters. The summed E-state index contributed by atoms with van der Waals surface area (Å²) in [5, 5.41) is 3.43. The Morgan fingerprint density at radius 1 is 1.25 bits per heavy atom. The molecule has 24 heavy (non-hydrogen) atoms. The Balaban J connectivity index is 0.00000529. The Kier molecular flexibility index (Phi) is 11.8. The number of hydrogen-bond donors (Lipinski definition) is 1. The van der Waals surface area contributed by atoms with Crippen LogP contribution in [0.3, 0.4) is 0 Å². The van der Waals surface area contributed by atoms with Crippen LogP contribution >= 0.6 is 24.0 Å². The van der Waals surface area contributed by atoms with Gasteiger partial charge in [-0.15, -0.1) is 24.0 Å². The number of halogens is 1. The first-order valence-corrected chi connectivity index (χ1v) is 8.26. The van der Waals surface area contributed by atoms with Gasteiger partial charge in [-0.1, -0.05) is 19.1 Å². The van der Waals surface area contributed by atoms with Crippen molar-refractivity contribution in [2.75, 3.05) is 41.3 Å². The van der Waals surface area contributed by atoms with E-state index in [1.165, 1.54) is 12.0 Å². The van der Waals surface area contributed by atoms with Crippen molar-refractivity contribution in [3.8, 4) is 5.75 Å². The van der Waals surface area contributed by atoms with Crippen molar-refractivity contribution >= 4 is 29.9 Å². The number of likely N-dealkylation sites (N-methyl/N-ethyl adjacent to an activating group) is 1. The summed E-state index contributed by atoms with van der Waals surface area (Å²) in [5.74, 6) is 1.80. The zero-order chi connectivity index (χ0) is 17.2. The molecular weight excluding hydrogens is 415 g/mol. The van der Waals surface area contributed by atoms with Gasteiger partial charge in [-0.25, -0.2) is 0 Å². The summed E-state index contributed by atoms with van der Waals surface area (Å²) in [6.45, 7) is 7.18. The van der Waals surface area contributed by atoms with Gasteiger partial charge in [0.2, 0.25) is 0 Å². The van der Waals surface area contributed by atoms with Crippen LogP contribution in [0.2, 0.25) is 0 Å². The summed E-state index contributed by atoms with van der Waals surface area (Å²) in [7, 11) is 7.73. The lowest BCUT2D eigenvalue weighted by Crippen LogP contribution is -2.42. The Bertz CT molecular complexity index is 478. The van der Waals surface area contributed by atoms with Crippen LogP contribution in [0, 0.1) is 0 Å². The van der Waals surface area contributed by atoms with Gasteiger partial charge in [0.25, 0.3) is 0 Å². The number of nitrogens with one attached hydrogen (secondary N) is 1. The quantitative estimate of drug-likeness (QED) is 0.377. The Morgan fingerprint density at radius 3 is 2.38 bits per heavy atom. The molecule has 0 aliphatic carbocycles. The number of guanidine groups is 1. The maximum atomic E-state index is 5.19. The van der Waals surface area contributed by atoms with Gasteiger partial charge in [0.05, 0.1) is 7.11 Å². The molecule has 1 rings (SSSR count). The van der Waals surface area contributed by atoms with E-state index in [4.69, 9.17) is 4.74 Å². The standard InChI is InChI=1S/C18H32N4O.HI/c1-7-15(2)21(4)13-12-20-18(19-3)22(5)14-16-8-10-17(23-6)11-9-16;/h8-11,15H,7,12-14H2,1-6H3,(H,19,20);1H. The van der Waals surface area contributed by atoms with Crippen LogP contribution in [0.25, 0.3) is 0 Å². The molecule has 0 bridgehead atoms. The molecule has 0 amide bonds. The molecule has 0 heterocycles. The maximum Gasteiger partial charge on any atom is 0.193 e. The van der Waals surface area contributed by atoms with Gasteiger partial charge in [-0.2, -0.15) is 0 Å². The van der Waals surface area contributed by atoms with Crippen molar-refractivity contribution in [3.05, 3.63) is 29.8 Å². The molecule has 6 heteroatoms. The molecular formula is C18H33IN4O. The Hall–Kier alpha value is -1.02. The van der Waals surface area contributed by atoms with E-state index in [2.05, 4.69) is 60.2 Å². The van der Waals surface area contributed by atoms with Gasteiger partial charge < -0.3 is 19.9 Å². The second-order valence-electron chi connectivity index (χ2n) is 5.92. The molecule has 1 N–H and O–H groups in total. The predicted molar refractivity (Wildman–Crippen MR) is 114 cm³/mol. The number of nitrogens with zero attached hydrogens (tertiary/aromatic N) is 3. The molecule has 0 radical (unpaired) electrons. The number of aliphatic imine (C=N–C) groups is 1. The lowest BCUT2D eigenvalue weighted by atomic mass is 10.2. The lowest BCUT2D eigenvalue weighted by Gasteiger charge is -2.26. The minimum Gasteiger partial charge on any atom is -0.497 e. The highest BCUT2D eigenvalue weighted by Crippen LogP contribution is 2.12. The van der Waals surface area contributed by atoms with Crippen molar-refractivity contribution in [3.63, 3.8) is 0 Å². The van der Waals surface area contributed by atoms with Gasteiger partial charge >= 0.3 is 0 Å². The van der Waals surface area contributed by atoms with Crippen LogP contribution in [-0.4, -0.2) is 63.1 Å². The van der Waals surface area contributed by atoms with Gasteiger partial charge in [-0.3, -0.25) is 4.99 Å². The summed E-state index contributed by atoms with van der Waals surface area (Å²) in [4.78, 5) is 8.86. The molecule has 0 aliphatic heterocycles. The molecule has 1 aromatic carbocycles. The molecule has 5 nitrogen and oxygen atoms in total. The highest BCUT2D eigenvalue weighted by Gasteiger charge is 2.09. The third-order valence-electron chi connectivity index (χ3n) is 4.24.